The predicted octanol–water partition coefficient (Wildman–Crippen LogP) is 7.27. The van der Waals surface area contributed by atoms with Gasteiger partial charge in [-0.2, -0.15) is 0 Å². The van der Waals surface area contributed by atoms with Crippen LogP contribution in [0.15, 0.2) is 115 Å². The zero-order valence-corrected chi connectivity index (χ0v) is 39.4. The number of fused-ring (bicyclic) bond motifs is 2. The van der Waals surface area contributed by atoms with Crippen molar-refractivity contribution in [3.05, 3.63) is 132 Å². The van der Waals surface area contributed by atoms with Crippen LogP contribution in [0.4, 0.5) is 0 Å². The van der Waals surface area contributed by atoms with Crippen LogP contribution in [-0.2, 0) is 38.6 Å². The molecule has 0 fully saturated rings. The van der Waals surface area contributed by atoms with Gasteiger partial charge in [-0.3, -0.25) is 19.2 Å². The molecule has 0 saturated carbocycles. The summed E-state index contributed by atoms with van der Waals surface area (Å²) in [4.78, 5) is 56.2. The number of aliphatic hydroxyl groups is 1. The Balaban J connectivity index is 1.35. The lowest BCUT2D eigenvalue weighted by Crippen LogP contribution is -2.55. The summed E-state index contributed by atoms with van der Waals surface area (Å²) in [5.74, 6) is -1.85. The topological polar surface area (TPSA) is 161 Å². The number of carbonyl (C=O) groups is 4. The first kappa shape index (κ1) is 50.2. The second-order valence-electron chi connectivity index (χ2n) is 17.9. The lowest BCUT2D eigenvalue weighted by molar-refractivity contribution is -0.133. The summed E-state index contributed by atoms with van der Waals surface area (Å²) in [5, 5.41) is 34.5. The number of aliphatic hydroxyl groups excluding tert-OH is 1. The van der Waals surface area contributed by atoms with Crippen LogP contribution in [0, 0.1) is 17.8 Å². The quantitative estimate of drug-likeness (QED) is 0.0252. The van der Waals surface area contributed by atoms with E-state index in [1.54, 1.807) is 7.05 Å². The number of rotatable bonds is 24. The van der Waals surface area contributed by atoms with Crippen LogP contribution < -0.4 is 31.9 Å². The van der Waals surface area contributed by atoms with Crippen molar-refractivity contribution in [1.82, 2.24) is 31.9 Å². The van der Waals surface area contributed by atoms with Crippen LogP contribution in [0.3, 0.4) is 0 Å². The summed E-state index contributed by atoms with van der Waals surface area (Å²) >= 11 is 5.25. The summed E-state index contributed by atoms with van der Waals surface area (Å²) in [6.45, 7) is 8.82. The molecule has 0 aliphatic heterocycles. The van der Waals surface area contributed by atoms with Gasteiger partial charge in [-0.15, -0.1) is 0 Å². The molecule has 0 saturated heterocycles. The molecule has 11 nitrogen and oxygen atoms in total. The van der Waals surface area contributed by atoms with Gasteiger partial charge in [0.05, 0.1) is 18.6 Å². The Morgan fingerprint density at radius 2 is 1.17 bits per heavy atom. The van der Waals surface area contributed by atoms with Crippen molar-refractivity contribution in [2.24, 2.45) is 17.8 Å². The number of unbranched alkanes of at least 4 members (excludes halogenated alkanes) is 1. The molecule has 5 aromatic rings. The van der Waals surface area contributed by atoms with Crippen molar-refractivity contribution in [2.45, 2.75) is 110 Å². The van der Waals surface area contributed by atoms with Gasteiger partial charge in [0, 0.05) is 26.1 Å². The Bertz CT molecular complexity index is 2250. The number of amides is 4. The van der Waals surface area contributed by atoms with E-state index in [9.17, 15) is 24.3 Å². The highest BCUT2D eigenvalue weighted by Gasteiger charge is 2.32. The molecule has 346 valence electrons. The summed E-state index contributed by atoms with van der Waals surface area (Å²) in [7, 11) is 1.75. The lowest BCUT2D eigenvalue weighted by atomic mass is 9.87. The zero-order valence-electron chi connectivity index (χ0n) is 38.6. The molecular formula is C53H68N6O5S. The number of hydrogen-bond acceptors (Lipinski definition) is 6. The molecule has 3 unspecified atom stereocenters. The van der Waals surface area contributed by atoms with E-state index >= 15 is 0 Å². The third kappa shape index (κ3) is 16.0. The number of thiocarbonyl (C=S) groups is 1. The summed E-state index contributed by atoms with van der Waals surface area (Å²) < 4.78 is 0. The number of carbonyl (C=O) groups excluding carboxylic acids is 4. The summed E-state index contributed by atoms with van der Waals surface area (Å²) in [5.41, 5.74) is 3.02. The minimum absolute atomic E-state index is 0.0522. The van der Waals surface area contributed by atoms with Crippen LogP contribution in [0.25, 0.3) is 21.5 Å². The molecule has 0 spiro atoms. The van der Waals surface area contributed by atoms with Crippen molar-refractivity contribution in [3.8, 4) is 0 Å². The van der Waals surface area contributed by atoms with Gasteiger partial charge in [0.25, 0.3) is 0 Å². The summed E-state index contributed by atoms with van der Waals surface area (Å²) in [6, 6.07) is 35.6. The smallest absolute Gasteiger partial charge is 0.242 e. The molecular weight excluding hydrogens is 833 g/mol. The van der Waals surface area contributed by atoms with E-state index in [2.05, 4.69) is 80.4 Å². The third-order valence-electron chi connectivity index (χ3n) is 11.7. The maximum atomic E-state index is 14.8. The fourth-order valence-electron chi connectivity index (χ4n) is 8.35. The van der Waals surface area contributed by atoms with E-state index in [0.29, 0.717) is 63.1 Å². The van der Waals surface area contributed by atoms with Crippen molar-refractivity contribution in [2.75, 3.05) is 13.6 Å². The first-order valence-electron chi connectivity index (χ1n) is 23.1. The van der Waals surface area contributed by atoms with Gasteiger partial charge in [-0.25, -0.2) is 0 Å². The number of benzene rings is 5. The molecule has 65 heavy (non-hydrogen) atoms. The van der Waals surface area contributed by atoms with E-state index < -0.39 is 42.0 Å². The Labute approximate surface area is 390 Å². The van der Waals surface area contributed by atoms with Gasteiger partial charge in [0.2, 0.25) is 23.6 Å². The van der Waals surface area contributed by atoms with Crippen LogP contribution in [-0.4, -0.2) is 71.7 Å². The second kappa shape index (κ2) is 25.6. The fraction of sp³-hybridized carbons (Fsp3) is 0.415. The van der Waals surface area contributed by atoms with Crippen molar-refractivity contribution < 1.29 is 24.3 Å². The van der Waals surface area contributed by atoms with Gasteiger partial charge in [0.1, 0.15) is 12.1 Å². The molecule has 4 atom stereocenters. The maximum Gasteiger partial charge on any atom is 0.242 e. The number of hydrogen-bond donors (Lipinski definition) is 7. The zero-order chi connectivity index (χ0) is 46.7. The molecule has 0 aliphatic rings. The predicted molar refractivity (Wildman–Crippen MR) is 266 cm³/mol. The van der Waals surface area contributed by atoms with Gasteiger partial charge in [0.15, 0.2) is 5.11 Å². The molecule has 5 aromatic carbocycles. The van der Waals surface area contributed by atoms with Gasteiger partial charge in [-0.1, -0.05) is 143 Å². The van der Waals surface area contributed by atoms with E-state index in [1.807, 2.05) is 94.4 Å². The van der Waals surface area contributed by atoms with Crippen LogP contribution in [0.5, 0.6) is 0 Å². The molecule has 0 radical (unpaired) electrons. The van der Waals surface area contributed by atoms with E-state index in [0.717, 1.165) is 38.2 Å². The molecule has 12 heteroatoms. The molecule has 0 bridgehead atoms. The largest absolute Gasteiger partial charge is 0.390 e. The Kier molecular flexibility index (Phi) is 19.7. The fourth-order valence-corrected chi connectivity index (χ4v) is 8.45. The molecule has 0 heterocycles. The van der Waals surface area contributed by atoms with Crippen LogP contribution in [0.2, 0.25) is 0 Å². The van der Waals surface area contributed by atoms with Gasteiger partial charge in [-0.05, 0) is 107 Å². The first-order valence-corrected chi connectivity index (χ1v) is 23.5. The minimum Gasteiger partial charge on any atom is -0.390 e. The summed E-state index contributed by atoms with van der Waals surface area (Å²) in [6.07, 6.45) is 1.71. The Hall–Kier alpha value is -5.85. The molecule has 5 rings (SSSR count). The molecule has 0 aliphatic carbocycles. The van der Waals surface area contributed by atoms with Crippen molar-refractivity contribution in [3.63, 3.8) is 0 Å². The van der Waals surface area contributed by atoms with Crippen molar-refractivity contribution >= 4 is 62.5 Å². The highest BCUT2D eigenvalue weighted by Crippen LogP contribution is 2.27. The monoisotopic (exact) mass is 900 g/mol. The SMILES string of the molecule is CNC(=S)NCCCCC(NC(=O)C(Cc1cccc2ccccc12)Cc1cccc2ccccc12)C(=O)NC(CC(C)C)[C@@H](O)CC(=O)NC(CC(C)C)C(=O)NCc1ccccc1. The average Bonchev–Trinajstić information content (AvgIpc) is 3.29. The first-order chi connectivity index (χ1) is 31.3. The lowest BCUT2D eigenvalue weighted by Gasteiger charge is -2.29. The second-order valence-corrected chi connectivity index (χ2v) is 18.3. The van der Waals surface area contributed by atoms with Crippen molar-refractivity contribution in [1.29, 1.82) is 0 Å². The molecule has 7 N–H and O–H groups in total. The third-order valence-corrected chi connectivity index (χ3v) is 12.1. The standard InChI is InChI=1S/C53H68N6O5S/c1-35(2)29-46(48(60)33-49(61)57-47(30-36(3)4)51(63)56-34-37-17-7-6-8-18-37)59-52(64)45(27-13-14-28-55-53(65)54-5)58-50(62)42(31-40-23-15-21-38-19-9-11-25-43(38)40)32-41-24-16-22-39-20-10-12-26-44(39)41/h6-12,15-26,35-36,42,45-48,60H,13-14,27-34H2,1-5H3,(H,56,63)(H,57,61)(H,58,62)(H,59,64)(H2,54,55,65)/t45?,46?,47?,48-/m0/s1. The van der Waals surface area contributed by atoms with Gasteiger partial charge < -0.3 is 37.0 Å². The van der Waals surface area contributed by atoms with Gasteiger partial charge >= 0.3 is 0 Å². The Morgan fingerprint density at radius 3 is 1.75 bits per heavy atom. The van der Waals surface area contributed by atoms with Crippen LogP contribution in [0.1, 0.15) is 82.9 Å². The average molecular weight is 901 g/mol. The maximum absolute atomic E-state index is 14.8. The highest BCUT2D eigenvalue weighted by atomic mass is 32.1. The Morgan fingerprint density at radius 1 is 0.600 bits per heavy atom. The molecule has 4 amide bonds. The normalized spacial score (nSPS) is 13.2. The molecule has 0 aromatic heterocycles. The van der Waals surface area contributed by atoms with Crippen LogP contribution >= 0.6 is 12.2 Å². The van der Waals surface area contributed by atoms with E-state index in [1.165, 1.54) is 0 Å². The van der Waals surface area contributed by atoms with E-state index in [-0.39, 0.29) is 30.1 Å². The minimum atomic E-state index is -1.26. The number of nitrogens with one attached hydrogen (secondary N) is 6. The van der Waals surface area contributed by atoms with E-state index in [4.69, 9.17) is 12.2 Å². The highest BCUT2D eigenvalue weighted by molar-refractivity contribution is 7.80.